The van der Waals surface area contributed by atoms with E-state index in [1.54, 1.807) is 20.8 Å². The highest BCUT2D eigenvalue weighted by Gasteiger charge is 2.13. The van der Waals surface area contributed by atoms with E-state index in [4.69, 9.17) is 11.6 Å². The van der Waals surface area contributed by atoms with Crippen LogP contribution in [-0.2, 0) is 9.84 Å². The van der Waals surface area contributed by atoms with Gasteiger partial charge in [-0.25, -0.2) is 18.4 Å². The van der Waals surface area contributed by atoms with Crippen LogP contribution in [0.25, 0.3) is 0 Å². The molecule has 0 aromatic carbocycles. The maximum Gasteiger partial charge on any atom is 0.149 e. The highest BCUT2D eigenvalue weighted by molar-refractivity contribution is 7.90. The second kappa shape index (κ2) is 5.18. The molecule has 0 aliphatic heterocycles. The summed E-state index contributed by atoms with van der Waals surface area (Å²) >= 11 is 5.93. The van der Waals surface area contributed by atoms with Gasteiger partial charge in [0.25, 0.3) is 0 Å². The third kappa shape index (κ3) is 4.47. The monoisotopic (exact) mass is 277 g/mol. The Hall–Kier alpha value is -0.880. The Balaban J connectivity index is 2.89. The van der Waals surface area contributed by atoms with E-state index in [9.17, 15) is 8.42 Å². The molecule has 0 aliphatic rings. The normalized spacial score (nSPS) is 13.5. The van der Waals surface area contributed by atoms with Gasteiger partial charge in [0.1, 0.15) is 26.6 Å². The summed E-state index contributed by atoms with van der Waals surface area (Å²) in [5.41, 5.74) is 0.720. The summed E-state index contributed by atoms with van der Waals surface area (Å²) in [5.74, 6) is 1.18. The molecular weight excluding hydrogens is 262 g/mol. The highest BCUT2D eigenvalue weighted by Crippen LogP contribution is 2.20. The minimum absolute atomic E-state index is 0.0487. The number of nitrogens with one attached hydrogen (secondary N) is 1. The van der Waals surface area contributed by atoms with Crippen LogP contribution in [0.3, 0.4) is 0 Å². The average Bonchev–Trinajstić information content (AvgIpc) is 2.10. The fraction of sp³-hybridized carbons (Fsp3) is 0.600. The molecule has 1 N–H and O–H groups in total. The number of aryl methyl sites for hydroxylation is 1. The third-order valence-corrected chi connectivity index (χ3v) is 3.61. The first-order chi connectivity index (χ1) is 7.69. The summed E-state index contributed by atoms with van der Waals surface area (Å²) in [6, 6.07) is -0.228. The Kier molecular flexibility index (Phi) is 4.32. The highest BCUT2D eigenvalue weighted by atomic mass is 35.5. The lowest BCUT2D eigenvalue weighted by Gasteiger charge is -2.15. The number of hydrogen-bond donors (Lipinski definition) is 1. The Morgan fingerprint density at radius 3 is 2.47 bits per heavy atom. The van der Waals surface area contributed by atoms with Gasteiger partial charge in [-0.2, -0.15) is 0 Å². The smallest absolute Gasteiger partial charge is 0.149 e. The van der Waals surface area contributed by atoms with Crippen molar-refractivity contribution >= 4 is 27.3 Å². The number of anilines is 1. The summed E-state index contributed by atoms with van der Waals surface area (Å²) in [5, 5.41) is 3.41. The third-order valence-electron chi connectivity index (χ3n) is 2.13. The van der Waals surface area contributed by atoms with E-state index >= 15 is 0 Å². The first-order valence-corrected chi connectivity index (χ1v) is 7.58. The zero-order valence-electron chi connectivity index (χ0n) is 10.3. The van der Waals surface area contributed by atoms with Crippen LogP contribution in [-0.4, -0.2) is 36.4 Å². The molecule has 5 nitrogen and oxygen atoms in total. The molecule has 0 saturated heterocycles. The molecule has 1 aromatic heterocycles. The summed E-state index contributed by atoms with van der Waals surface area (Å²) < 4.78 is 22.3. The van der Waals surface area contributed by atoms with Crippen LogP contribution in [0.4, 0.5) is 5.82 Å². The number of rotatable bonds is 4. The molecule has 0 saturated carbocycles. The van der Waals surface area contributed by atoms with E-state index < -0.39 is 9.84 Å². The fourth-order valence-electron chi connectivity index (χ4n) is 1.46. The quantitative estimate of drug-likeness (QED) is 0.846. The van der Waals surface area contributed by atoms with E-state index in [2.05, 4.69) is 15.3 Å². The lowest BCUT2D eigenvalue weighted by molar-refractivity contribution is 0.598. The van der Waals surface area contributed by atoms with Gasteiger partial charge in [-0.05, 0) is 20.8 Å². The second-order valence-corrected chi connectivity index (χ2v) is 6.72. The molecule has 0 bridgehead atoms. The van der Waals surface area contributed by atoms with Crippen molar-refractivity contribution in [2.45, 2.75) is 26.8 Å². The Bertz CT molecular complexity index is 517. The molecule has 0 amide bonds. The maximum absolute atomic E-state index is 11.2. The van der Waals surface area contributed by atoms with E-state index in [0.29, 0.717) is 16.8 Å². The fourth-order valence-corrected chi connectivity index (χ4v) is 2.67. The minimum Gasteiger partial charge on any atom is -0.366 e. The van der Waals surface area contributed by atoms with E-state index in [1.807, 2.05) is 0 Å². The second-order valence-electron chi connectivity index (χ2n) is 4.17. The van der Waals surface area contributed by atoms with Gasteiger partial charge in [0.05, 0.1) is 5.75 Å². The average molecular weight is 278 g/mol. The topological polar surface area (TPSA) is 72.0 Å². The summed E-state index contributed by atoms with van der Waals surface area (Å²) in [4.78, 5) is 8.21. The van der Waals surface area contributed by atoms with Crippen LogP contribution >= 0.6 is 11.6 Å². The van der Waals surface area contributed by atoms with Crippen molar-refractivity contribution in [3.05, 3.63) is 16.5 Å². The van der Waals surface area contributed by atoms with Gasteiger partial charge in [0, 0.05) is 17.9 Å². The molecule has 1 unspecified atom stereocenters. The number of hydrogen-bond acceptors (Lipinski definition) is 5. The molecule has 0 radical (unpaired) electrons. The summed E-state index contributed by atoms with van der Waals surface area (Å²) in [6.45, 7) is 5.31. The molecular formula is C10H16ClN3O2S. The zero-order valence-corrected chi connectivity index (χ0v) is 11.9. The standard InChI is InChI=1S/C10H16ClN3O2S/c1-6(5-17(4,15)16)12-10-7(2)9(11)13-8(3)14-10/h6H,5H2,1-4H3,(H,12,13,14). The van der Waals surface area contributed by atoms with Crippen LogP contribution in [0.1, 0.15) is 18.3 Å². The zero-order chi connectivity index (χ0) is 13.2. The van der Waals surface area contributed by atoms with Gasteiger partial charge in [0.15, 0.2) is 0 Å². The van der Waals surface area contributed by atoms with Crippen molar-refractivity contribution in [1.29, 1.82) is 0 Å². The molecule has 17 heavy (non-hydrogen) atoms. The van der Waals surface area contributed by atoms with Crippen molar-refractivity contribution < 1.29 is 8.42 Å². The van der Waals surface area contributed by atoms with E-state index in [0.717, 1.165) is 5.56 Å². The lowest BCUT2D eigenvalue weighted by Crippen LogP contribution is -2.26. The molecule has 0 aliphatic carbocycles. The number of halogens is 1. The van der Waals surface area contributed by atoms with Gasteiger partial charge >= 0.3 is 0 Å². The largest absolute Gasteiger partial charge is 0.366 e. The van der Waals surface area contributed by atoms with Crippen molar-refractivity contribution in [2.24, 2.45) is 0 Å². The van der Waals surface area contributed by atoms with Gasteiger partial charge in [-0.1, -0.05) is 11.6 Å². The molecule has 1 aromatic rings. The van der Waals surface area contributed by atoms with Crippen LogP contribution in [0.15, 0.2) is 0 Å². The Labute approximate surface area is 107 Å². The van der Waals surface area contributed by atoms with Crippen LogP contribution in [0, 0.1) is 13.8 Å². The maximum atomic E-state index is 11.2. The molecule has 0 spiro atoms. The van der Waals surface area contributed by atoms with Crippen LogP contribution in [0.2, 0.25) is 5.15 Å². The molecule has 1 atom stereocenters. The molecule has 7 heteroatoms. The van der Waals surface area contributed by atoms with Gasteiger partial charge in [-0.15, -0.1) is 0 Å². The van der Waals surface area contributed by atoms with Crippen molar-refractivity contribution in [3.8, 4) is 0 Å². The minimum atomic E-state index is -3.02. The van der Waals surface area contributed by atoms with Crippen molar-refractivity contribution in [2.75, 3.05) is 17.3 Å². The SMILES string of the molecule is Cc1nc(Cl)c(C)c(NC(C)CS(C)(=O)=O)n1. The molecule has 96 valence electrons. The Morgan fingerprint density at radius 1 is 1.35 bits per heavy atom. The number of nitrogens with zero attached hydrogens (tertiary/aromatic N) is 2. The summed E-state index contributed by atoms with van der Waals surface area (Å²) in [6.07, 6.45) is 1.20. The molecule has 1 rings (SSSR count). The summed E-state index contributed by atoms with van der Waals surface area (Å²) in [7, 11) is -3.02. The lowest BCUT2D eigenvalue weighted by atomic mass is 10.3. The van der Waals surface area contributed by atoms with Gasteiger partial charge in [0.2, 0.25) is 0 Å². The first-order valence-electron chi connectivity index (χ1n) is 5.14. The van der Waals surface area contributed by atoms with Crippen LogP contribution in [0.5, 0.6) is 0 Å². The van der Waals surface area contributed by atoms with E-state index in [-0.39, 0.29) is 11.8 Å². The van der Waals surface area contributed by atoms with Crippen LogP contribution < -0.4 is 5.32 Å². The van der Waals surface area contributed by atoms with Crippen molar-refractivity contribution in [1.82, 2.24) is 9.97 Å². The first kappa shape index (κ1) is 14.2. The van der Waals surface area contributed by atoms with Gasteiger partial charge < -0.3 is 5.32 Å². The van der Waals surface area contributed by atoms with Crippen molar-refractivity contribution in [3.63, 3.8) is 0 Å². The predicted molar refractivity (Wildman–Crippen MR) is 69.3 cm³/mol. The molecule has 1 heterocycles. The van der Waals surface area contributed by atoms with Gasteiger partial charge in [-0.3, -0.25) is 0 Å². The van der Waals surface area contributed by atoms with E-state index in [1.165, 1.54) is 6.26 Å². The predicted octanol–water partition coefficient (Wildman–Crippen LogP) is 1.59. The number of aromatic nitrogens is 2. The number of sulfone groups is 1. The Morgan fingerprint density at radius 2 is 1.94 bits per heavy atom. The molecule has 0 fully saturated rings.